The van der Waals surface area contributed by atoms with Gasteiger partial charge in [-0.2, -0.15) is 0 Å². The Balaban J connectivity index is 2.43. The third-order valence-corrected chi connectivity index (χ3v) is 4.62. The van der Waals surface area contributed by atoms with Gasteiger partial charge in [-0.15, -0.1) is 11.3 Å². The molecule has 0 aromatic carbocycles. The summed E-state index contributed by atoms with van der Waals surface area (Å²) in [5.41, 5.74) is 1.10. The second kappa shape index (κ2) is 10.6. The predicted molar refractivity (Wildman–Crippen MR) is 96.8 cm³/mol. The molecule has 0 amide bonds. The van der Waals surface area contributed by atoms with Crippen LogP contribution in [0.1, 0.15) is 42.8 Å². The number of thiazole rings is 1. The summed E-state index contributed by atoms with van der Waals surface area (Å²) in [5, 5.41) is 7.83. The summed E-state index contributed by atoms with van der Waals surface area (Å²) in [6, 6.07) is 0. The van der Waals surface area contributed by atoms with Gasteiger partial charge in [-0.25, -0.2) is 9.98 Å². The highest BCUT2D eigenvalue weighted by atomic mass is 32.1. The van der Waals surface area contributed by atoms with Crippen molar-refractivity contribution in [3.63, 3.8) is 0 Å². The molecule has 1 aromatic rings. The highest BCUT2D eigenvalue weighted by molar-refractivity contribution is 7.11. The molecular formula is C16H31N5S. The Kier molecular flexibility index (Phi) is 9.08. The fourth-order valence-corrected chi connectivity index (χ4v) is 3.12. The summed E-state index contributed by atoms with van der Waals surface area (Å²) in [4.78, 5) is 12.8. The smallest absolute Gasteiger partial charge is 0.191 e. The van der Waals surface area contributed by atoms with E-state index in [2.05, 4.69) is 53.2 Å². The minimum atomic E-state index is 0.697. The quantitative estimate of drug-likeness (QED) is 0.416. The van der Waals surface area contributed by atoms with Crippen LogP contribution in [0.2, 0.25) is 0 Å². The molecule has 22 heavy (non-hydrogen) atoms. The Morgan fingerprint density at radius 3 is 2.45 bits per heavy atom. The Labute approximate surface area is 139 Å². The Morgan fingerprint density at radius 1 is 1.18 bits per heavy atom. The SMILES string of the molecule is CCNC(=NCc1sc(C)nc1C)NCCCN(CC)CC. The van der Waals surface area contributed by atoms with E-state index in [1.165, 1.54) is 4.88 Å². The van der Waals surface area contributed by atoms with E-state index >= 15 is 0 Å². The largest absolute Gasteiger partial charge is 0.357 e. The molecule has 0 unspecified atom stereocenters. The van der Waals surface area contributed by atoms with Crippen molar-refractivity contribution in [2.45, 2.75) is 47.6 Å². The van der Waals surface area contributed by atoms with Gasteiger partial charge in [0.15, 0.2) is 5.96 Å². The summed E-state index contributed by atoms with van der Waals surface area (Å²) in [7, 11) is 0. The van der Waals surface area contributed by atoms with E-state index < -0.39 is 0 Å². The first-order valence-electron chi connectivity index (χ1n) is 8.28. The van der Waals surface area contributed by atoms with Gasteiger partial charge in [0.25, 0.3) is 0 Å². The lowest BCUT2D eigenvalue weighted by Gasteiger charge is -2.18. The van der Waals surface area contributed by atoms with Gasteiger partial charge >= 0.3 is 0 Å². The molecule has 0 aliphatic carbocycles. The molecule has 0 aliphatic heterocycles. The number of aryl methyl sites for hydroxylation is 2. The molecule has 1 rings (SSSR count). The molecule has 2 N–H and O–H groups in total. The van der Waals surface area contributed by atoms with E-state index in [9.17, 15) is 0 Å². The highest BCUT2D eigenvalue weighted by Gasteiger charge is 2.05. The Hall–Kier alpha value is -1.14. The molecule has 0 bridgehead atoms. The zero-order valence-electron chi connectivity index (χ0n) is 14.7. The van der Waals surface area contributed by atoms with Crippen molar-refractivity contribution in [1.82, 2.24) is 20.5 Å². The maximum Gasteiger partial charge on any atom is 0.191 e. The van der Waals surface area contributed by atoms with Crippen molar-refractivity contribution in [2.24, 2.45) is 4.99 Å². The van der Waals surface area contributed by atoms with Gasteiger partial charge in [0.2, 0.25) is 0 Å². The first-order chi connectivity index (χ1) is 10.6. The number of hydrogen-bond donors (Lipinski definition) is 2. The lowest BCUT2D eigenvalue weighted by molar-refractivity contribution is 0.300. The summed E-state index contributed by atoms with van der Waals surface area (Å²) in [5.74, 6) is 0.896. The molecule has 5 nitrogen and oxygen atoms in total. The van der Waals surface area contributed by atoms with Crippen molar-refractivity contribution in [3.8, 4) is 0 Å². The second-order valence-corrected chi connectivity index (χ2v) is 6.53. The van der Waals surface area contributed by atoms with Crippen LogP contribution >= 0.6 is 11.3 Å². The fraction of sp³-hybridized carbons (Fsp3) is 0.750. The Bertz CT molecular complexity index is 451. The molecule has 0 atom stereocenters. The lowest BCUT2D eigenvalue weighted by atomic mass is 10.3. The number of nitrogens with one attached hydrogen (secondary N) is 2. The van der Waals surface area contributed by atoms with Crippen molar-refractivity contribution >= 4 is 17.3 Å². The number of aromatic nitrogens is 1. The van der Waals surface area contributed by atoms with E-state index in [0.29, 0.717) is 6.54 Å². The monoisotopic (exact) mass is 325 g/mol. The minimum Gasteiger partial charge on any atom is -0.357 e. The molecule has 0 saturated heterocycles. The molecular weight excluding hydrogens is 294 g/mol. The highest BCUT2D eigenvalue weighted by Crippen LogP contribution is 2.17. The zero-order valence-corrected chi connectivity index (χ0v) is 15.5. The molecule has 6 heteroatoms. The van der Waals surface area contributed by atoms with Crippen LogP contribution in [0.4, 0.5) is 0 Å². The second-order valence-electron chi connectivity index (χ2n) is 5.24. The fourth-order valence-electron chi connectivity index (χ4n) is 2.26. The van der Waals surface area contributed by atoms with E-state index in [-0.39, 0.29) is 0 Å². The van der Waals surface area contributed by atoms with Gasteiger partial charge < -0.3 is 15.5 Å². The van der Waals surface area contributed by atoms with Crippen molar-refractivity contribution in [3.05, 3.63) is 15.6 Å². The first kappa shape index (κ1) is 18.9. The number of aliphatic imine (C=N–C) groups is 1. The third-order valence-electron chi connectivity index (χ3n) is 3.56. The van der Waals surface area contributed by atoms with Gasteiger partial charge in [0, 0.05) is 18.0 Å². The first-order valence-corrected chi connectivity index (χ1v) is 9.09. The lowest BCUT2D eigenvalue weighted by Crippen LogP contribution is -2.38. The van der Waals surface area contributed by atoms with Crippen LogP contribution in [-0.2, 0) is 6.54 Å². The van der Waals surface area contributed by atoms with Crippen molar-refractivity contribution < 1.29 is 0 Å². The summed E-state index contributed by atoms with van der Waals surface area (Å²) < 4.78 is 0. The van der Waals surface area contributed by atoms with Gasteiger partial charge in [0.1, 0.15) is 0 Å². The zero-order chi connectivity index (χ0) is 16.4. The normalized spacial score (nSPS) is 12.0. The van der Waals surface area contributed by atoms with Crippen LogP contribution in [0.5, 0.6) is 0 Å². The molecule has 1 heterocycles. The average Bonchev–Trinajstić information content (AvgIpc) is 2.82. The number of nitrogens with zero attached hydrogens (tertiary/aromatic N) is 3. The van der Waals surface area contributed by atoms with Crippen LogP contribution in [0.15, 0.2) is 4.99 Å². The van der Waals surface area contributed by atoms with E-state index in [4.69, 9.17) is 0 Å². The summed E-state index contributed by atoms with van der Waals surface area (Å²) in [6.07, 6.45) is 1.13. The standard InChI is InChI=1S/C16H31N5S/c1-6-17-16(18-10-9-11-21(7-2)8-3)19-12-15-13(4)20-14(5)22-15/h6-12H2,1-5H3,(H2,17,18,19). The van der Waals surface area contributed by atoms with Crippen molar-refractivity contribution in [1.29, 1.82) is 0 Å². The molecule has 0 fully saturated rings. The molecule has 1 aromatic heterocycles. The van der Waals surface area contributed by atoms with Gasteiger partial charge in [-0.3, -0.25) is 0 Å². The number of rotatable bonds is 9. The summed E-state index contributed by atoms with van der Waals surface area (Å²) >= 11 is 1.73. The van der Waals surface area contributed by atoms with Crippen LogP contribution in [0.25, 0.3) is 0 Å². The maximum atomic E-state index is 4.67. The molecule has 0 spiro atoms. The molecule has 126 valence electrons. The molecule has 0 aliphatic rings. The van der Waals surface area contributed by atoms with Crippen LogP contribution in [0, 0.1) is 13.8 Å². The average molecular weight is 326 g/mol. The van der Waals surface area contributed by atoms with Gasteiger partial charge in [-0.05, 0) is 46.8 Å². The number of hydrogen-bond acceptors (Lipinski definition) is 4. The topological polar surface area (TPSA) is 52.6 Å². The van der Waals surface area contributed by atoms with Crippen LogP contribution in [-0.4, -0.2) is 48.6 Å². The summed E-state index contributed by atoms with van der Waals surface area (Å²) in [6.45, 7) is 16.5. The van der Waals surface area contributed by atoms with E-state index in [1.54, 1.807) is 11.3 Å². The minimum absolute atomic E-state index is 0.697. The van der Waals surface area contributed by atoms with E-state index in [1.807, 2.05) is 6.92 Å². The van der Waals surface area contributed by atoms with Crippen LogP contribution in [0.3, 0.4) is 0 Å². The third kappa shape index (κ3) is 6.75. The Morgan fingerprint density at radius 2 is 1.91 bits per heavy atom. The molecule has 0 saturated carbocycles. The predicted octanol–water partition coefficient (Wildman–Crippen LogP) is 2.55. The van der Waals surface area contributed by atoms with Crippen LogP contribution < -0.4 is 10.6 Å². The van der Waals surface area contributed by atoms with Gasteiger partial charge in [-0.1, -0.05) is 13.8 Å². The number of guanidine groups is 1. The molecule has 0 radical (unpaired) electrons. The maximum absolute atomic E-state index is 4.67. The van der Waals surface area contributed by atoms with Crippen molar-refractivity contribution in [2.75, 3.05) is 32.7 Å². The van der Waals surface area contributed by atoms with Gasteiger partial charge in [0.05, 0.1) is 17.2 Å². The van der Waals surface area contributed by atoms with E-state index in [0.717, 1.165) is 55.8 Å².